The predicted molar refractivity (Wildman–Crippen MR) is 83.5 cm³/mol. The summed E-state index contributed by atoms with van der Waals surface area (Å²) in [5.74, 6) is 0.918. The minimum Gasteiger partial charge on any atom is -0.481 e. The summed E-state index contributed by atoms with van der Waals surface area (Å²) in [5.41, 5.74) is 0.812. The van der Waals surface area contributed by atoms with Crippen molar-refractivity contribution < 1.29 is 14.7 Å². The zero-order valence-electron chi connectivity index (χ0n) is 12.0. The van der Waals surface area contributed by atoms with Gasteiger partial charge in [0.2, 0.25) is 0 Å². The Morgan fingerprint density at radius 3 is 2.76 bits per heavy atom. The van der Waals surface area contributed by atoms with Gasteiger partial charge in [-0.3, -0.25) is 4.79 Å². The van der Waals surface area contributed by atoms with Crippen molar-refractivity contribution in [3.8, 4) is 0 Å². The molecule has 1 saturated heterocycles. The molecule has 114 valence electrons. The first-order valence-corrected chi connectivity index (χ1v) is 8.15. The molecule has 1 aromatic rings. The van der Waals surface area contributed by atoms with Crippen LogP contribution in [0.2, 0.25) is 0 Å². The summed E-state index contributed by atoms with van der Waals surface area (Å²) in [6.45, 7) is 2.71. The highest BCUT2D eigenvalue weighted by atomic mass is 32.2. The number of thioether (sulfide) groups is 1. The summed E-state index contributed by atoms with van der Waals surface area (Å²) in [6, 6.07) is 8.72. The Bertz CT molecular complexity index is 495. The second-order valence-electron chi connectivity index (χ2n) is 5.13. The third kappa shape index (κ3) is 4.39. The van der Waals surface area contributed by atoms with Crippen LogP contribution in [-0.2, 0) is 4.79 Å². The smallest absolute Gasteiger partial charge is 0.318 e. The number of hydrogen-bond acceptors (Lipinski definition) is 3. The number of carboxylic acids is 1. The molecule has 0 bridgehead atoms. The lowest BCUT2D eigenvalue weighted by atomic mass is 10.0. The number of carboxylic acid groups (broad SMARTS) is 1. The van der Waals surface area contributed by atoms with Gasteiger partial charge >= 0.3 is 12.0 Å². The van der Waals surface area contributed by atoms with Crippen LogP contribution >= 0.6 is 11.8 Å². The standard InChI is InChI=1S/C15H20N2O3S/c1-11-10-21-8-7-17(11)15(20)16-13(9-14(18)19)12-5-3-2-4-6-12/h2-6,11,13H,7-10H2,1H3,(H,16,20)(H,18,19). The zero-order valence-corrected chi connectivity index (χ0v) is 12.8. The molecule has 2 atom stereocenters. The summed E-state index contributed by atoms with van der Waals surface area (Å²) in [4.78, 5) is 25.2. The van der Waals surface area contributed by atoms with Crippen LogP contribution in [0.15, 0.2) is 30.3 Å². The molecule has 0 saturated carbocycles. The van der Waals surface area contributed by atoms with Gasteiger partial charge in [-0.25, -0.2) is 4.79 Å². The number of carbonyl (C=O) groups excluding carboxylic acids is 1. The van der Waals surface area contributed by atoms with Gasteiger partial charge in [-0.2, -0.15) is 11.8 Å². The maximum atomic E-state index is 12.4. The van der Waals surface area contributed by atoms with E-state index in [1.807, 2.05) is 49.0 Å². The van der Waals surface area contributed by atoms with E-state index in [4.69, 9.17) is 5.11 Å². The first kappa shape index (κ1) is 15.7. The Kier molecular flexibility index (Phi) is 5.50. The quantitative estimate of drug-likeness (QED) is 0.896. The molecule has 1 aromatic carbocycles. The van der Waals surface area contributed by atoms with Crippen LogP contribution in [0.5, 0.6) is 0 Å². The second kappa shape index (κ2) is 7.36. The number of aliphatic carboxylic acids is 1. The van der Waals surface area contributed by atoms with Gasteiger partial charge in [0.25, 0.3) is 0 Å². The lowest BCUT2D eigenvalue weighted by molar-refractivity contribution is -0.137. The van der Waals surface area contributed by atoms with Crippen LogP contribution < -0.4 is 5.32 Å². The molecule has 1 fully saturated rings. The first-order valence-electron chi connectivity index (χ1n) is 6.99. The molecule has 2 amide bonds. The third-order valence-corrected chi connectivity index (χ3v) is 4.70. The van der Waals surface area contributed by atoms with Crippen LogP contribution in [-0.4, -0.2) is 46.1 Å². The van der Waals surface area contributed by atoms with Gasteiger partial charge < -0.3 is 15.3 Å². The summed E-state index contributed by atoms with van der Waals surface area (Å²) in [7, 11) is 0. The van der Waals surface area contributed by atoms with Crippen LogP contribution in [0.25, 0.3) is 0 Å². The highest BCUT2D eigenvalue weighted by Gasteiger charge is 2.26. The van der Waals surface area contributed by atoms with Gasteiger partial charge in [-0.05, 0) is 12.5 Å². The van der Waals surface area contributed by atoms with Crippen molar-refractivity contribution in [1.29, 1.82) is 0 Å². The topological polar surface area (TPSA) is 69.6 Å². The molecule has 0 aromatic heterocycles. The molecule has 0 radical (unpaired) electrons. The average molecular weight is 308 g/mol. The lowest BCUT2D eigenvalue weighted by Crippen LogP contribution is -2.50. The maximum absolute atomic E-state index is 12.4. The fraction of sp³-hybridized carbons (Fsp3) is 0.467. The van der Waals surface area contributed by atoms with Crippen molar-refractivity contribution in [2.45, 2.75) is 25.4 Å². The number of carbonyl (C=O) groups is 2. The van der Waals surface area contributed by atoms with E-state index in [2.05, 4.69) is 5.32 Å². The fourth-order valence-electron chi connectivity index (χ4n) is 2.37. The van der Waals surface area contributed by atoms with E-state index in [9.17, 15) is 9.59 Å². The van der Waals surface area contributed by atoms with Gasteiger partial charge in [0.1, 0.15) is 0 Å². The molecule has 21 heavy (non-hydrogen) atoms. The number of nitrogens with one attached hydrogen (secondary N) is 1. The van der Waals surface area contributed by atoms with Crippen LogP contribution in [0.1, 0.15) is 24.9 Å². The van der Waals surface area contributed by atoms with Crippen molar-refractivity contribution in [3.05, 3.63) is 35.9 Å². The Balaban J connectivity index is 2.07. The molecule has 1 aliphatic heterocycles. The summed E-state index contributed by atoms with van der Waals surface area (Å²) < 4.78 is 0. The summed E-state index contributed by atoms with van der Waals surface area (Å²) in [6.07, 6.45) is -0.118. The van der Waals surface area contributed by atoms with Gasteiger partial charge in [0, 0.05) is 24.1 Å². The van der Waals surface area contributed by atoms with Crippen LogP contribution in [0.3, 0.4) is 0 Å². The number of hydrogen-bond donors (Lipinski definition) is 2. The van der Waals surface area contributed by atoms with Crippen molar-refractivity contribution in [1.82, 2.24) is 10.2 Å². The van der Waals surface area contributed by atoms with Gasteiger partial charge in [0.15, 0.2) is 0 Å². The monoisotopic (exact) mass is 308 g/mol. The third-order valence-electron chi connectivity index (χ3n) is 3.51. The number of benzene rings is 1. The largest absolute Gasteiger partial charge is 0.481 e. The molecular formula is C15H20N2O3S. The molecular weight excluding hydrogens is 288 g/mol. The highest BCUT2D eigenvalue weighted by Crippen LogP contribution is 2.20. The van der Waals surface area contributed by atoms with Crippen molar-refractivity contribution in [2.24, 2.45) is 0 Å². The molecule has 1 aliphatic rings. The molecule has 0 aliphatic carbocycles. The molecule has 2 N–H and O–H groups in total. The highest BCUT2D eigenvalue weighted by molar-refractivity contribution is 7.99. The summed E-state index contributed by atoms with van der Waals surface area (Å²) >= 11 is 1.83. The van der Waals surface area contributed by atoms with Gasteiger partial charge in [-0.15, -0.1) is 0 Å². The van der Waals surface area contributed by atoms with E-state index in [1.165, 1.54) is 0 Å². The second-order valence-corrected chi connectivity index (χ2v) is 6.28. The van der Waals surface area contributed by atoms with E-state index >= 15 is 0 Å². The van der Waals surface area contributed by atoms with Crippen LogP contribution in [0, 0.1) is 0 Å². The Hall–Kier alpha value is -1.69. The molecule has 0 spiro atoms. The number of urea groups is 1. The molecule has 1 heterocycles. The minimum atomic E-state index is -0.925. The molecule has 5 nitrogen and oxygen atoms in total. The first-order chi connectivity index (χ1) is 10.1. The Morgan fingerprint density at radius 1 is 1.43 bits per heavy atom. The predicted octanol–water partition coefficient (Wildman–Crippen LogP) is 2.35. The van der Waals surface area contributed by atoms with E-state index < -0.39 is 12.0 Å². The van der Waals surface area contributed by atoms with E-state index in [1.54, 1.807) is 4.90 Å². The van der Waals surface area contributed by atoms with Gasteiger partial charge in [-0.1, -0.05) is 30.3 Å². The van der Waals surface area contributed by atoms with E-state index in [-0.39, 0.29) is 18.5 Å². The fourth-order valence-corrected chi connectivity index (χ4v) is 3.39. The molecule has 2 unspecified atom stereocenters. The zero-order chi connectivity index (χ0) is 15.2. The normalized spacial score (nSPS) is 19.9. The van der Waals surface area contributed by atoms with Crippen molar-refractivity contribution >= 4 is 23.8 Å². The number of rotatable bonds is 4. The molecule has 6 heteroatoms. The Morgan fingerprint density at radius 2 is 2.14 bits per heavy atom. The SMILES string of the molecule is CC1CSCCN1C(=O)NC(CC(=O)O)c1ccccc1. The molecule has 2 rings (SSSR count). The Labute approximate surface area is 128 Å². The summed E-state index contributed by atoms with van der Waals surface area (Å²) in [5, 5.41) is 11.9. The maximum Gasteiger partial charge on any atom is 0.318 e. The van der Waals surface area contributed by atoms with Crippen LogP contribution in [0.4, 0.5) is 4.79 Å². The minimum absolute atomic E-state index is 0.118. The van der Waals surface area contributed by atoms with E-state index in [0.717, 1.165) is 17.1 Å². The van der Waals surface area contributed by atoms with Crippen molar-refractivity contribution in [3.63, 3.8) is 0 Å². The van der Waals surface area contributed by atoms with Gasteiger partial charge in [0.05, 0.1) is 12.5 Å². The average Bonchev–Trinajstić information content (AvgIpc) is 2.47. The van der Waals surface area contributed by atoms with E-state index in [0.29, 0.717) is 6.54 Å². The lowest BCUT2D eigenvalue weighted by Gasteiger charge is -2.34. The number of amides is 2. The van der Waals surface area contributed by atoms with Crippen molar-refractivity contribution in [2.75, 3.05) is 18.1 Å². The number of nitrogens with zero attached hydrogens (tertiary/aromatic N) is 1.